The van der Waals surface area contributed by atoms with Gasteiger partial charge in [-0.25, -0.2) is 0 Å². The molecule has 1 unspecified atom stereocenters. The number of hydrogen-bond acceptors (Lipinski definition) is 3. The van der Waals surface area contributed by atoms with Crippen LogP contribution in [0.3, 0.4) is 0 Å². The van der Waals surface area contributed by atoms with Crippen LogP contribution in [0.4, 0.5) is 0 Å². The Balaban J connectivity index is 2.27. The number of carbonyl (C=O) groups excluding carboxylic acids is 1. The molecule has 0 aliphatic carbocycles. The molecule has 0 spiro atoms. The highest BCUT2D eigenvalue weighted by atomic mass is 32.1. The standard InChI is InChI=1S/C15H20N4OS/c1-4-11(3)16-13(20)9-19-14(17-18-15(19)21)12-7-5-6-10(2)8-12/h5-8,11H,4,9H2,1-3H3,(H,16,20)(H,18,21). The summed E-state index contributed by atoms with van der Waals surface area (Å²) in [5.74, 6) is 0.624. The van der Waals surface area contributed by atoms with Gasteiger partial charge in [0.25, 0.3) is 0 Å². The maximum Gasteiger partial charge on any atom is 0.240 e. The zero-order valence-corrected chi connectivity index (χ0v) is 13.3. The van der Waals surface area contributed by atoms with Gasteiger partial charge in [0.1, 0.15) is 6.54 Å². The molecule has 1 aromatic carbocycles. The summed E-state index contributed by atoms with van der Waals surface area (Å²) in [5.41, 5.74) is 2.08. The Morgan fingerprint density at radius 3 is 2.95 bits per heavy atom. The Labute approximate surface area is 129 Å². The number of aryl methyl sites for hydroxylation is 1. The quantitative estimate of drug-likeness (QED) is 0.835. The fourth-order valence-corrected chi connectivity index (χ4v) is 2.23. The highest BCUT2D eigenvalue weighted by Crippen LogP contribution is 2.18. The van der Waals surface area contributed by atoms with E-state index in [9.17, 15) is 4.79 Å². The van der Waals surface area contributed by atoms with E-state index in [0.29, 0.717) is 10.6 Å². The van der Waals surface area contributed by atoms with Crippen LogP contribution >= 0.6 is 12.2 Å². The third kappa shape index (κ3) is 3.78. The molecule has 0 aliphatic rings. The Kier molecular flexibility index (Phi) is 4.90. The average molecular weight is 304 g/mol. The van der Waals surface area contributed by atoms with Crippen molar-refractivity contribution in [2.75, 3.05) is 0 Å². The lowest BCUT2D eigenvalue weighted by molar-refractivity contribution is -0.122. The first-order valence-corrected chi connectivity index (χ1v) is 7.43. The number of rotatable bonds is 5. The smallest absolute Gasteiger partial charge is 0.240 e. The fourth-order valence-electron chi connectivity index (χ4n) is 2.04. The highest BCUT2D eigenvalue weighted by Gasteiger charge is 2.13. The van der Waals surface area contributed by atoms with Gasteiger partial charge < -0.3 is 5.32 Å². The summed E-state index contributed by atoms with van der Waals surface area (Å²) in [6, 6.07) is 8.12. The Bertz CT molecular complexity index is 689. The Morgan fingerprint density at radius 2 is 2.29 bits per heavy atom. The molecule has 0 saturated carbocycles. The molecule has 21 heavy (non-hydrogen) atoms. The third-order valence-electron chi connectivity index (χ3n) is 3.36. The maximum atomic E-state index is 12.1. The molecule has 1 heterocycles. The average Bonchev–Trinajstić information content (AvgIpc) is 2.80. The van der Waals surface area contributed by atoms with Crippen LogP contribution in [0.1, 0.15) is 25.8 Å². The number of aromatic nitrogens is 3. The predicted molar refractivity (Wildman–Crippen MR) is 85.5 cm³/mol. The van der Waals surface area contributed by atoms with E-state index in [2.05, 4.69) is 15.5 Å². The van der Waals surface area contributed by atoms with Crippen LogP contribution in [0.15, 0.2) is 24.3 Å². The molecule has 1 aromatic heterocycles. The Hall–Kier alpha value is -1.95. The topological polar surface area (TPSA) is 62.7 Å². The number of hydrogen-bond donors (Lipinski definition) is 2. The Morgan fingerprint density at radius 1 is 1.52 bits per heavy atom. The van der Waals surface area contributed by atoms with E-state index < -0.39 is 0 Å². The van der Waals surface area contributed by atoms with Crippen LogP contribution in [-0.4, -0.2) is 26.7 Å². The van der Waals surface area contributed by atoms with E-state index in [0.717, 1.165) is 17.5 Å². The van der Waals surface area contributed by atoms with Gasteiger partial charge in [0.15, 0.2) is 10.6 Å². The zero-order chi connectivity index (χ0) is 15.4. The molecule has 2 aromatic rings. The van der Waals surface area contributed by atoms with Crippen molar-refractivity contribution in [3.63, 3.8) is 0 Å². The van der Waals surface area contributed by atoms with Crippen molar-refractivity contribution in [2.45, 2.75) is 39.8 Å². The van der Waals surface area contributed by atoms with Crippen molar-refractivity contribution in [2.24, 2.45) is 0 Å². The second kappa shape index (κ2) is 6.67. The molecule has 112 valence electrons. The molecule has 1 atom stereocenters. The van der Waals surface area contributed by atoms with Crippen LogP contribution in [0, 0.1) is 11.7 Å². The van der Waals surface area contributed by atoms with Gasteiger partial charge >= 0.3 is 0 Å². The zero-order valence-electron chi connectivity index (χ0n) is 12.5. The minimum atomic E-state index is -0.0595. The largest absolute Gasteiger partial charge is 0.352 e. The number of nitrogens with zero attached hydrogens (tertiary/aromatic N) is 2. The molecule has 0 saturated heterocycles. The van der Waals surface area contributed by atoms with Crippen LogP contribution in [0.5, 0.6) is 0 Å². The lowest BCUT2D eigenvalue weighted by Gasteiger charge is -2.12. The summed E-state index contributed by atoms with van der Waals surface area (Å²) < 4.78 is 2.17. The van der Waals surface area contributed by atoms with Crippen LogP contribution in [-0.2, 0) is 11.3 Å². The van der Waals surface area contributed by atoms with E-state index >= 15 is 0 Å². The minimum Gasteiger partial charge on any atom is -0.352 e. The summed E-state index contributed by atoms with van der Waals surface area (Å²) in [4.78, 5) is 12.1. The number of benzene rings is 1. The number of carbonyl (C=O) groups is 1. The van der Waals surface area contributed by atoms with E-state index in [-0.39, 0.29) is 18.5 Å². The van der Waals surface area contributed by atoms with Gasteiger partial charge in [-0.1, -0.05) is 30.7 Å². The lowest BCUT2D eigenvalue weighted by Crippen LogP contribution is -2.34. The van der Waals surface area contributed by atoms with Crippen molar-refractivity contribution >= 4 is 18.1 Å². The number of H-pyrrole nitrogens is 1. The molecule has 5 nitrogen and oxygen atoms in total. The summed E-state index contributed by atoms with van der Waals surface area (Å²) in [5, 5.41) is 9.95. The second-order valence-electron chi connectivity index (χ2n) is 5.18. The van der Waals surface area contributed by atoms with Crippen molar-refractivity contribution in [1.29, 1.82) is 0 Å². The molecule has 6 heteroatoms. The van der Waals surface area contributed by atoms with Gasteiger partial charge in [0, 0.05) is 11.6 Å². The molecule has 2 rings (SSSR count). The van der Waals surface area contributed by atoms with E-state index in [1.807, 2.05) is 45.0 Å². The summed E-state index contributed by atoms with van der Waals surface area (Å²) in [6.07, 6.45) is 0.896. The van der Waals surface area contributed by atoms with Crippen molar-refractivity contribution in [1.82, 2.24) is 20.1 Å². The predicted octanol–water partition coefficient (Wildman–Crippen LogP) is 2.83. The highest BCUT2D eigenvalue weighted by molar-refractivity contribution is 7.71. The molecule has 1 amide bonds. The van der Waals surface area contributed by atoms with E-state index in [1.54, 1.807) is 4.57 Å². The number of aromatic amines is 1. The minimum absolute atomic E-state index is 0.0595. The first-order valence-electron chi connectivity index (χ1n) is 7.03. The molecule has 0 bridgehead atoms. The molecular weight excluding hydrogens is 284 g/mol. The first-order chi connectivity index (χ1) is 10.0. The number of amides is 1. The summed E-state index contributed by atoms with van der Waals surface area (Å²) >= 11 is 5.23. The van der Waals surface area contributed by atoms with Gasteiger partial charge in [-0.05, 0) is 38.6 Å². The van der Waals surface area contributed by atoms with Gasteiger partial charge in [-0.3, -0.25) is 14.5 Å². The van der Waals surface area contributed by atoms with Gasteiger partial charge in [0.05, 0.1) is 0 Å². The van der Waals surface area contributed by atoms with Crippen molar-refractivity contribution < 1.29 is 4.79 Å². The SMILES string of the molecule is CCC(C)NC(=O)Cn1c(-c2cccc(C)c2)n[nH]c1=S. The van der Waals surface area contributed by atoms with Crippen LogP contribution in [0.2, 0.25) is 0 Å². The van der Waals surface area contributed by atoms with Gasteiger partial charge in [0.2, 0.25) is 5.91 Å². The normalized spacial score (nSPS) is 12.1. The van der Waals surface area contributed by atoms with Crippen molar-refractivity contribution in [3.05, 3.63) is 34.6 Å². The summed E-state index contributed by atoms with van der Waals surface area (Å²) in [7, 11) is 0. The van der Waals surface area contributed by atoms with Crippen LogP contribution < -0.4 is 5.32 Å². The van der Waals surface area contributed by atoms with E-state index in [1.165, 1.54) is 0 Å². The van der Waals surface area contributed by atoms with Gasteiger partial charge in [-0.15, -0.1) is 0 Å². The number of nitrogens with one attached hydrogen (secondary N) is 2. The second-order valence-corrected chi connectivity index (χ2v) is 5.57. The molecular formula is C15H20N4OS. The molecule has 0 fully saturated rings. The molecule has 0 radical (unpaired) electrons. The van der Waals surface area contributed by atoms with E-state index in [4.69, 9.17) is 12.2 Å². The van der Waals surface area contributed by atoms with Crippen molar-refractivity contribution in [3.8, 4) is 11.4 Å². The molecule has 2 N–H and O–H groups in total. The lowest BCUT2D eigenvalue weighted by atomic mass is 10.1. The van der Waals surface area contributed by atoms with Crippen LogP contribution in [0.25, 0.3) is 11.4 Å². The fraction of sp³-hybridized carbons (Fsp3) is 0.400. The monoisotopic (exact) mass is 304 g/mol. The summed E-state index contributed by atoms with van der Waals surface area (Å²) in [6.45, 7) is 6.20. The van der Waals surface area contributed by atoms with Gasteiger partial charge in [-0.2, -0.15) is 5.10 Å². The third-order valence-corrected chi connectivity index (χ3v) is 3.67. The molecule has 0 aliphatic heterocycles. The maximum absolute atomic E-state index is 12.1. The first kappa shape index (κ1) is 15.4.